The monoisotopic (exact) mass is 393 g/mol. The lowest BCUT2D eigenvalue weighted by atomic mass is 10.2. The molecule has 1 aromatic heterocycles. The number of hydrogen-bond donors (Lipinski definition) is 1. The number of carbonyl (C=O) groups is 1. The molecule has 1 amide bonds. The SMILES string of the molecule is CN(C)S(=O)(=O)c1ccc(NC(=O)CN2CCCC2c2cccs2)cc1. The van der Waals surface area contributed by atoms with Crippen LogP contribution >= 0.6 is 11.3 Å². The van der Waals surface area contributed by atoms with Crippen molar-refractivity contribution in [3.05, 3.63) is 46.7 Å². The van der Waals surface area contributed by atoms with Crippen molar-refractivity contribution in [2.24, 2.45) is 0 Å². The van der Waals surface area contributed by atoms with Gasteiger partial charge in [-0.3, -0.25) is 9.69 Å². The Balaban J connectivity index is 1.62. The highest BCUT2D eigenvalue weighted by Crippen LogP contribution is 2.34. The topological polar surface area (TPSA) is 69.7 Å². The number of sulfonamides is 1. The number of hydrogen-bond acceptors (Lipinski definition) is 5. The van der Waals surface area contributed by atoms with E-state index in [1.807, 2.05) is 6.07 Å². The fraction of sp³-hybridized carbons (Fsp3) is 0.389. The Labute approximate surface area is 158 Å². The van der Waals surface area contributed by atoms with E-state index in [1.54, 1.807) is 23.5 Å². The molecule has 1 N–H and O–H groups in total. The highest BCUT2D eigenvalue weighted by atomic mass is 32.2. The van der Waals surface area contributed by atoms with Crippen LogP contribution in [0.2, 0.25) is 0 Å². The van der Waals surface area contributed by atoms with Gasteiger partial charge in [0.25, 0.3) is 0 Å². The number of likely N-dealkylation sites (tertiary alicyclic amines) is 1. The average Bonchev–Trinajstić information content (AvgIpc) is 3.26. The second-order valence-corrected chi connectivity index (χ2v) is 9.64. The molecule has 0 radical (unpaired) electrons. The van der Waals surface area contributed by atoms with Gasteiger partial charge in [0.1, 0.15) is 0 Å². The van der Waals surface area contributed by atoms with Crippen molar-refractivity contribution in [2.45, 2.75) is 23.8 Å². The summed E-state index contributed by atoms with van der Waals surface area (Å²) in [5.74, 6) is -0.0864. The molecule has 8 heteroatoms. The van der Waals surface area contributed by atoms with Gasteiger partial charge in [-0.2, -0.15) is 0 Å². The van der Waals surface area contributed by atoms with E-state index in [4.69, 9.17) is 0 Å². The Morgan fingerprint density at radius 1 is 1.27 bits per heavy atom. The molecule has 26 heavy (non-hydrogen) atoms. The minimum Gasteiger partial charge on any atom is -0.325 e. The maximum Gasteiger partial charge on any atom is 0.242 e. The highest BCUT2D eigenvalue weighted by molar-refractivity contribution is 7.89. The summed E-state index contributed by atoms with van der Waals surface area (Å²) in [6.07, 6.45) is 2.16. The van der Waals surface area contributed by atoms with E-state index in [2.05, 4.69) is 21.7 Å². The summed E-state index contributed by atoms with van der Waals surface area (Å²) in [5, 5.41) is 4.92. The molecule has 3 rings (SSSR count). The van der Waals surface area contributed by atoms with Gasteiger partial charge in [-0.15, -0.1) is 11.3 Å². The highest BCUT2D eigenvalue weighted by Gasteiger charge is 2.28. The van der Waals surface area contributed by atoms with Gasteiger partial charge in [-0.05, 0) is 55.1 Å². The van der Waals surface area contributed by atoms with Crippen LogP contribution in [-0.4, -0.2) is 50.7 Å². The van der Waals surface area contributed by atoms with Crippen molar-refractivity contribution < 1.29 is 13.2 Å². The second-order valence-electron chi connectivity index (χ2n) is 6.50. The van der Waals surface area contributed by atoms with E-state index < -0.39 is 10.0 Å². The maximum absolute atomic E-state index is 12.4. The Kier molecular flexibility index (Phi) is 5.76. The lowest BCUT2D eigenvalue weighted by molar-refractivity contribution is -0.117. The molecule has 0 saturated carbocycles. The van der Waals surface area contributed by atoms with Crippen LogP contribution in [0.5, 0.6) is 0 Å². The second kappa shape index (κ2) is 7.87. The summed E-state index contributed by atoms with van der Waals surface area (Å²) in [5.41, 5.74) is 0.597. The van der Waals surface area contributed by atoms with Crippen LogP contribution in [0.4, 0.5) is 5.69 Å². The predicted octanol–water partition coefficient (Wildman–Crippen LogP) is 2.77. The summed E-state index contributed by atoms with van der Waals surface area (Å²) in [7, 11) is -0.477. The number of anilines is 1. The molecule has 1 aliphatic heterocycles. The van der Waals surface area contributed by atoms with Crippen LogP contribution in [-0.2, 0) is 14.8 Å². The van der Waals surface area contributed by atoms with Crippen LogP contribution in [0.1, 0.15) is 23.8 Å². The zero-order valence-corrected chi connectivity index (χ0v) is 16.5. The molecule has 1 aromatic carbocycles. The first-order valence-corrected chi connectivity index (χ1v) is 10.8. The number of amides is 1. The maximum atomic E-state index is 12.4. The summed E-state index contributed by atoms with van der Waals surface area (Å²) in [6.45, 7) is 1.25. The Morgan fingerprint density at radius 2 is 2.00 bits per heavy atom. The molecule has 1 unspecified atom stereocenters. The summed E-state index contributed by atoms with van der Waals surface area (Å²) < 4.78 is 25.3. The summed E-state index contributed by atoms with van der Waals surface area (Å²) >= 11 is 1.73. The first-order valence-electron chi connectivity index (χ1n) is 8.48. The summed E-state index contributed by atoms with van der Waals surface area (Å²) in [4.78, 5) is 16.1. The molecule has 6 nitrogen and oxygen atoms in total. The van der Waals surface area contributed by atoms with Crippen LogP contribution in [0.25, 0.3) is 0 Å². The molecule has 2 aromatic rings. The molecule has 1 aliphatic rings. The average molecular weight is 394 g/mol. The van der Waals surface area contributed by atoms with Crippen molar-refractivity contribution >= 4 is 33.0 Å². The number of carbonyl (C=O) groups excluding carboxylic acids is 1. The fourth-order valence-corrected chi connectivity index (χ4v) is 4.92. The van der Waals surface area contributed by atoms with Crippen LogP contribution in [0.15, 0.2) is 46.7 Å². The smallest absolute Gasteiger partial charge is 0.242 e. The molecule has 2 heterocycles. The Hall–Kier alpha value is -1.74. The first kappa shape index (κ1) is 19.0. The van der Waals surface area contributed by atoms with E-state index in [0.29, 0.717) is 18.3 Å². The van der Waals surface area contributed by atoms with Gasteiger partial charge in [0, 0.05) is 30.7 Å². The van der Waals surface area contributed by atoms with E-state index in [0.717, 1.165) is 19.4 Å². The predicted molar refractivity (Wildman–Crippen MR) is 104 cm³/mol. The van der Waals surface area contributed by atoms with Gasteiger partial charge in [0.15, 0.2) is 0 Å². The molecular formula is C18H23N3O3S2. The molecule has 140 valence electrons. The Bertz CT molecular complexity index is 846. The number of nitrogens with zero attached hydrogens (tertiary/aromatic N) is 2. The summed E-state index contributed by atoms with van der Waals surface area (Å²) in [6, 6.07) is 10.7. The number of thiophene rings is 1. The van der Waals surface area contributed by atoms with Crippen LogP contribution in [0.3, 0.4) is 0 Å². The van der Waals surface area contributed by atoms with Crippen LogP contribution in [0, 0.1) is 0 Å². The van der Waals surface area contributed by atoms with Crippen molar-refractivity contribution in [3.63, 3.8) is 0 Å². The van der Waals surface area contributed by atoms with Gasteiger partial charge in [-0.25, -0.2) is 12.7 Å². The molecule has 1 atom stereocenters. The molecular weight excluding hydrogens is 370 g/mol. The minimum absolute atomic E-state index is 0.0864. The number of rotatable bonds is 6. The Morgan fingerprint density at radius 3 is 2.62 bits per heavy atom. The van der Waals surface area contributed by atoms with Crippen molar-refractivity contribution in [1.82, 2.24) is 9.21 Å². The van der Waals surface area contributed by atoms with E-state index in [1.165, 1.54) is 35.4 Å². The van der Waals surface area contributed by atoms with E-state index in [-0.39, 0.29) is 10.8 Å². The fourth-order valence-electron chi connectivity index (χ4n) is 3.12. The zero-order chi connectivity index (χ0) is 18.7. The molecule has 1 saturated heterocycles. The van der Waals surface area contributed by atoms with Gasteiger partial charge in [-0.1, -0.05) is 6.07 Å². The first-order chi connectivity index (χ1) is 12.4. The number of benzene rings is 1. The van der Waals surface area contributed by atoms with Gasteiger partial charge in [0.2, 0.25) is 15.9 Å². The quantitative estimate of drug-likeness (QED) is 0.819. The van der Waals surface area contributed by atoms with E-state index in [9.17, 15) is 13.2 Å². The van der Waals surface area contributed by atoms with Crippen molar-refractivity contribution in [2.75, 3.05) is 32.5 Å². The molecule has 0 aliphatic carbocycles. The van der Waals surface area contributed by atoms with Gasteiger partial charge in [0.05, 0.1) is 11.4 Å². The lowest BCUT2D eigenvalue weighted by Crippen LogP contribution is -2.32. The zero-order valence-electron chi connectivity index (χ0n) is 14.9. The molecule has 0 bridgehead atoms. The van der Waals surface area contributed by atoms with E-state index >= 15 is 0 Å². The third-order valence-corrected chi connectivity index (χ3v) is 7.30. The third kappa shape index (κ3) is 4.15. The normalized spacial score (nSPS) is 18.3. The molecule has 0 spiro atoms. The lowest BCUT2D eigenvalue weighted by Gasteiger charge is -2.22. The third-order valence-electron chi connectivity index (χ3n) is 4.50. The van der Waals surface area contributed by atoms with Crippen molar-refractivity contribution in [1.29, 1.82) is 0 Å². The van der Waals surface area contributed by atoms with Gasteiger partial charge >= 0.3 is 0 Å². The van der Waals surface area contributed by atoms with Gasteiger partial charge < -0.3 is 5.32 Å². The molecule has 1 fully saturated rings. The minimum atomic E-state index is -3.46. The van der Waals surface area contributed by atoms with Crippen molar-refractivity contribution in [3.8, 4) is 0 Å². The standard InChI is InChI=1S/C18H23N3O3S2/c1-20(2)26(23,24)15-9-7-14(8-10-15)19-18(22)13-21-11-3-5-16(21)17-6-4-12-25-17/h4,6-10,12,16H,3,5,11,13H2,1-2H3,(H,19,22). The number of nitrogens with one attached hydrogen (secondary N) is 1. The largest absolute Gasteiger partial charge is 0.325 e. The van der Waals surface area contributed by atoms with Crippen LogP contribution < -0.4 is 5.32 Å².